The fourth-order valence-electron chi connectivity index (χ4n) is 2.11. The summed E-state index contributed by atoms with van der Waals surface area (Å²) in [4.78, 5) is 2.27. The number of piperazine rings is 1. The van der Waals surface area contributed by atoms with Crippen molar-refractivity contribution in [3.63, 3.8) is 0 Å². The lowest BCUT2D eigenvalue weighted by Gasteiger charge is -2.30. The average Bonchev–Trinajstić information content (AvgIpc) is 2.39. The highest BCUT2D eigenvalue weighted by molar-refractivity contribution is 5.60. The van der Waals surface area contributed by atoms with Gasteiger partial charge in [-0.25, -0.2) is 4.39 Å². The van der Waals surface area contributed by atoms with Crippen molar-refractivity contribution in [3.8, 4) is 5.75 Å². The Bertz CT molecular complexity index is 376. The van der Waals surface area contributed by atoms with Crippen molar-refractivity contribution in [3.05, 3.63) is 23.8 Å². The Hall–Kier alpha value is -1.29. The van der Waals surface area contributed by atoms with Gasteiger partial charge in [0.05, 0.1) is 12.8 Å². The predicted molar refractivity (Wildman–Crippen MR) is 67.6 cm³/mol. The number of anilines is 1. The van der Waals surface area contributed by atoms with Gasteiger partial charge >= 0.3 is 0 Å². The maximum absolute atomic E-state index is 13.2. The fraction of sp³-hybridized carbons (Fsp3) is 0.538. The minimum atomic E-state index is -0.957. The van der Waals surface area contributed by atoms with Crippen LogP contribution in [-0.2, 0) is 0 Å². The van der Waals surface area contributed by atoms with E-state index in [9.17, 15) is 4.39 Å². The van der Waals surface area contributed by atoms with Gasteiger partial charge in [0, 0.05) is 26.2 Å². The van der Waals surface area contributed by atoms with Crippen LogP contribution in [0.2, 0.25) is 0 Å². The van der Waals surface area contributed by atoms with E-state index < -0.39 is 6.17 Å². The van der Waals surface area contributed by atoms with Gasteiger partial charge in [-0.1, -0.05) is 6.07 Å². The largest absolute Gasteiger partial charge is 0.495 e. The molecule has 1 fully saturated rings. The lowest BCUT2D eigenvalue weighted by molar-refractivity contribution is 0.369. The van der Waals surface area contributed by atoms with Gasteiger partial charge in [-0.3, -0.25) is 0 Å². The molecule has 4 heteroatoms. The number of methoxy groups -OCH3 is 1. The van der Waals surface area contributed by atoms with E-state index in [-0.39, 0.29) is 0 Å². The summed E-state index contributed by atoms with van der Waals surface area (Å²) in [6, 6.07) is 5.59. The smallest absolute Gasteiger partial charge is 0.142 e. The molecule has 0 radical (unpaired) electrons. The Morgan fingerprint density at radius 2 is 2.06 bits per heavy atom. The number of rotatable bonds is 3. The van der Waals surface area contributed by atoms with E-state index in [1.807, 2.05) is 12.1 Å². The molecule has 1 N–H and O–H groups in total. The van der Waals surface area contributed by atoms with Crippen LogP contribution in [0.1, 0.15) is 18.7 Å². The minimum absolute atomic E-state index is 0.667. The molecule has 1 saturated heterocycles. The van der Waals surface area contributed by atoms with E-state index in [2.05, 4.69) is 10.2 Å². The van der Waals surface area contributed by atoms with Gasteiger partial charge in [0.25, 0.3) is 0 Å². The number of alkyl halides is 1. The third-order valence-electron chi connectivity index (χ3n) is 3.12. The highest BCUT2D eigenvalue weighted by Crippen LogP contribution is 2.32. The van der Waals surface area contributed by atoms with E-state index >= 15 is 0 Å². The monoisotopic (exact) mass is 238 g/mol. The van der Waals surface area contributed by atoms with Gasteiger partial charge in [0.2, 0.25) is 0 Å². The molecule has 0 saturated carbocycles. The summed E-state index contributed by atoms with van der Waals surface area (Å²) in [6.45, 7) is 5.41. The second kappa shape index (κ2) is 5.36. The number of ether oxygens (including phenoxy) is 1. The Labute approximate surface area is 102 Å². The van der Waals surface area contributed by atoms with Crippen LogP contribution >= 0.6 is 0 Å². The van der Waals surface area contributed by atoms with Gasteiger partial charge in [-0.15, -0.1) is 0 Å². The molecule has 0 aromatic heterocycles. The van der Waals surface area contributed by atoms with Crippen molar-refractivity contribution in [2.45, 2.75) is 13.1 Å². The molecule has 2 rings (SSSR count). The van der Waals surface area contributed by atoms with Crippen LogP contribution < -0.4 is 15.0 Å². The number of halogens is 1. The standard InChI is InChI=1S/C13H19FN2O/c1-10(14)11-3-4-12(13(9-11)17-2)16-7-5-15-6-8-16/h3-4,9-10,15H,5-8H2,1-2H3. The van der Waals surface area contributed by atoms with Crippen molar-refractivity contribution in [1.29, 1.82) is 0 Å². The molecule has 94 valence electrons. The van der Waals surface area contributed by atoms with Gasteiger partial charge < -0.3 is 15.0 Å². The van der Waals surface area contributed by atoms with Crippen LogP contribution in [-0.4, -0.2) is 33.3 Å². The Kier molecular flexibility index (Phi) is 3.84. The summed E-state index contributed by atoms with van der Waals surface area (Å²) in [7, 11) is 1.63. The molecule has 1 aliphatic heterocycles. The van der Waals surface area contributed by atoms with Gasteiger partial charge in [0.15, 0.2) is 0 Å². The van der Waals surface area contributed by atoms with Crippen molar-refractivity contribution in [2.75, 3.05) is 38.2 Å². The molecule has 17 heavy (non-hydrogen) atoms. The molecule has 1 atom stereocenters. The van der Waals surface area contributed by atoms with Crippen molar-refractivity contribution >= 4 is 5.69 Å². The maximum Gasteiger partial charge on any atom is 0.142 e. The third kappa shape index (κ3) is 2.69. The van der Waals surface area contributed by atoms with Crippen LogP contribution in [0, 0.1) is 0 Å². The number of benzene rings is 1. The highest BCUT2D eigenvalue weighted by atomic mass is 19.1. The Morgan fingerprint density at radius 3 is 2.65 bits per heavy atom. The zero-order valence-electron chi connectivity index (χ0n) is 10.4. The lowest BCUT2D eigenvalue weighted by Crippen LogP contribution is -2.43. The molecular weight excluding hydrogens is 219 g/mol. The first-order chi connectivity index (χ1) is 8.22. The van der Waals surface area contributed by atoms with Crippen LogP contribution in [0.15, 0.2) is 18.2 Å². The first-order valence-corrected chi connectivity index (χ1v) is 6.00. The van der Waals surface area contributed by atoms with Crippen LogP contribution in [0.4, 0.5) is 10.1 Å². The number of nitrogens with zero attached hydrogens (tertiary/aromatic N) is 1. The first kappa shape index (κ1) is 12.2. The van der Waals surface area contributed by atoms with Crippen LogP contribution in [0.5, 0.6) is 5.75 Å². The molecule has 0 bridgehead atoms. The van der Waals surface area contributed by atoms with Crippen molar-refractivity contribution in [2.24, 2.45) is 0 Å². The molecule has 1 aliphatic rings. The van der Waals surface area contributed by atoms with Gasteiger partial charge in [-0.2, -0.15) is 0 Å². The number of hydrogen-bond donors (Lipinski definition) is 1. The summed E-state index contributed by atoms with van der Waals surface area (Å²) in [6.07, 6.45) is -0.957. The van der Waals surface area contributed by atoms with E-state index in [0.29, 0.717) is 5.56 Å². The average molecular weight is 238 g/mol. The normalized spacial score (nSPS) is 17.9. The molecule has 0 spiro atoms. The molecule has 1 heterocycles. The van der Waals surface area contributed by atoms with Crippen molar-refractivity contribution < 1.29 is 9.13 Å². The second-order valence-corrected chi connectivity index (χ2v) is 4.28. The highest BCUT2D eigenvalue weighted by Gasteiger charge is 2.16. The maximum atomic E-state index is 13.2. The van der Waals surface area contributed by atoms with E-state index in [1.54, 1.807) is 20.1 Å². The van der Waals surface area contributed by atoms with Gasteiger partial charge in [0.1, 0.15) is 11.9 Å². The fourth-order valence-corrected chi connectivity index (χ4v) is 2.11. The summed E-state index contributed by atoms with van der Waals surface area (Å²) in [5.74, 6) is 0.758. The van der Waals surface area contributed by atoms with E-state index in [4.69, 9.17) is 4.74 Å². The zero-order chi connectivity index (χ0) is 12.3. The summed E-state index contributed by atoms with van der Waals surface area (Å²) < 4.78 is 18.6. The Balaban J connectivity index is 2.26. The van der Waals surface area contributed by atoms with Crippen molar-refractivity contribution in [1.82, 2.24) is 5.32 Å². The zero-order valence-corrected chi connectivity index (χ0v) is 10.4. The molecule has 1 unspecified atom stereocenters. The molecule has 1 aromatic carbocycles. The van der Waals surface area contributed by atoms with E-state index in [1.165, 1.54) is 0 Å². The molecule has 1 aromatic rings. The molecular formula is C13H19FN2O. The Morgan fingerprint density at radius 1 is 1.35 bits per heavy atom. The minimum Gasteiger partial charge on any atom is -0.495 e. The summed E-state index contributed by atoms with van der Waals surface area (Å²) in [5.41, 5.74) is 1.72. The predicted octanol–water partition coefficient (Wildman–Crippen LogP) is 2.14. The lowest BCUT2D eigenvalue weighted by atomic mass is 10.1. The third-order valence-corrected chi connectivity index (χ3v) is 3.12. The molecule has 3 nitrogen and oxygen atoms in total. The van der Waals surface area contributed by atoms with Crippen LogP contribution in [0.3, 0.4) is 0 Å². The van der Waals surface area contributed by atoms with Gasteiger partial charge in [-0.05, 0) is 24.6 Å². The second-order valence-electron chi connectivity index (χ2n) is 4.28. The number of nitrogens with one attached hydrogen (secondary N) is 1. The molecule has 0 amide bonds. The quantitative estimate of drug-likeness (QED) is 0.873. The SMILES string of the molecule is COc1cc(C(C)F)ccc1N1CCNCC1. The van der Waals surface area contributed by atoms with Crippen LogP contribution in [0.25, 0.3) is 0 Å². The van der Waals surface area contributed by atoms with E-state index in [0.717, 1.165) is 37.6 Å². The topological polar surface area (TPSA) is 24.5 Å². The summed E-state index contributed by atoms with van der Waals surface area (Å²) in [5, 5.41) is 3.31. The first-order valence-electron chi connectivity index (χ1n) is 6.00. The molecule has 0 aliphatic carbocycles. The summed E-state index contributed by atoms with van der Waals surface area (Å²) >= 11 is 0. The number of hydrogen-bond acceptors (Lipinski definition) is 3.